The molecule has 20 heavy (non-hydrogen) atoms. The molecule has 0 spiro atoms. The van der Waals surface area contributed by atoms with Gasteiger partial charge in [-0.3, -0.25) is 4.79 Å². The fourth-order valence-corrected chi connectivity index (χ4v) is 2.43. The number of rotatable bonds is 2. The summed E-state index contributed by atoms with van der Waals surface area (Å²) in [7, 11) is 0. The van der Waals surface area contributed by atoms with E-state index in [9.17, 15) is 13.6 Å². The van der Waals surface area contributed by atoms with Crippen molar-refractivity contribution in [2.45, 2.75) is 13.8 Å². The second-order valence-corrected chi connectivity index (χ2v) is 5.44. The van der Waals surface area contributed by atoms with Gasteiger partial charge in [-0.25, -0.2) is 8.78 Å². The van der Waals surface area contributed by atoms with Gasteiger partial charge in [-0.1, -0.05) is 22.0 Å². The average molecular weight is 340 g/mol. The zero-order valence-electron chi connectivity index (χ0n) is 10.9. The lowest BCUT2D eigenvalue weighted by Crippen LogP contribution is -2.15. The molecular formula is C15H12BrF2NO. The van der Waals surface area contributed by atoms with Crippen molar-refractivity contribution in [2.75, 3.05) is 5.32 Å². The van der Waals surface area contributed by atoms with Crippen LogP contribution in [0.2, 0.25) is 0 Å². The summed E-state index contributed by atoms with van der Waals surface area (Å²) >= 11 is 3.28. The van der Waals surface area contributed by atoms with Crippen LogP contribution in [0.5, 0.6) is 0 Å². The Morgan fingerprint density at radius 3 is 2.50 bits per heavy atom. The molecule has 0 saturated carbocycles. The van der Waals surface area contributed by atoms with E-state index < -0.39 is 23.2 Å². The van der Waals surface area contributed by atoms with E-state index in [4.69, 9.17) is 0 Å². The summed E-state index contributed by atoms with van der Waals surface area (Å²) in [6, 6.07) is 7.52. The number of hydrogen-bond acceptors (Lipinski definition) is 1. The van der Waals surface area contributed by atoms with Crippen LogP contribution in [0.25, 0.3) is 0 Å². The maximum atomic E-state index is 13.8. The Hall–Kier alpha value is -1.75. The number of nitrogens with one attached hydrogen (secondary N) is 1. The SMILES string of the molecule is Cc1cc(Br)cc(C(=O)Nc2c(F)ccc(C)c2F)c1. The number of aryl methyl sites for hydroxylation is 2. The molecule has 1 amide bonds. The lowest BCUT2D eigenvalue weighted by atomic mass is 10.1. The molecule has 5 heteroatoms. The van der Waals surface area contributed by atoms with Gasteiger partial charge in [0.2, 0.25) is 0 Å². The normalized spacial score (nSPS) is 10.4. The summed E-state index contributed by atoms with van der Waals surface area (Å²) in [6.07, 6.45) is 0. The van der Waals surface area contributed by atoms with Crippen molar-refractivity contribution >= 4 is 27.5 Å². The molecule has 0 aliphatic rings. The van der Waals surface area contributed by atoms with Crippen molar-refractivity contribution in [2.24, 2.45) is 0 Å². The summed E-state index contributed by atoms with van der Waals surface area (Å²) in [4.78, 5) is 12.1. The molecule has 0 radical (unpaired) electrons. The van der Waals surface area contributed by atoms with E-state index in [1.54, 1.807) is 12.1 Å². The van der Waals surface area contributed by atoms with E-state index in [0.717, 1.165) is 16.1 Å². The van der Waals surface area contributed by atoms with Gasteiger partial charge in [0, 0.05) is 10.0 Å². The van der Waals surface area contributed by atoms with Crippen molar-refractivity contribution in [1.82, 2.24) is 0 Å². The largest absolute Gasteiger partial charge is 0.317 e. The average Bonchev–Trinajstić information content (AvgIpc) is 2.38. The van der Waals surface area contributed by atoms with Gasteiger partial charge in [0.25, 0.3) is 5.91 Å². The van der Waals surface area contributed by atoms with Crippen LogP contribution in [0.1, 0.15) is 21.5 Å². The van der Waals surface area contributed by atoms with Crippen LogP contribution in [-0.2, 0) is 0 Å². The lowest BCUT2D eigenvalue weighted by Gasteiger charge is -2.10. The summed E-state index contributed by atoms with van der Waals surface area (Å²) in [6.45, 7) is 3.34. The predicted molar refractivity (Wildman–Crippen MR) is 77.9 cm³/mol. The number of halogens is 3. The third kappa shape index (κ3) is 3.04. The van der Waals surface area contributed by atoms with Gasteiger partial charge in [0.15, 0.2) is 5.82 Å². The first-order valence-corrected chi connectivity index (χ1v) is 6.71. The number of benzene rings is 2. The molecule has 0 fully saturated rings. The van der Waals surface area contributed by atoms with Gasteiger partial charge in [-0.15, -0.1) is 0 Å². The summed E-state index contributed by atoms with van der Waals surface area (Å²) in [5.41, 5.74) is 1.05. The van der Waals surface area contributed by atoms with E-state index >= 15 is 0 Å². The Kier molecular flexibility index (Phi) is 4.18. The molecule has 2 rings (SSSR count). The van der Waals surface area contributed by atoms with Crippen LogP contribution >= 0.6 is 15.9 Å². The minimum atomic E-state index is -0.798. The van der Waals surface area contributed by atoms with E-state index in [2.05, 4.69) is 21.2 Å². The maximum absolute atomic E-state index is 13.8. The van der Waals surface area contributed by atoms with Crippen molar-refractivity contribution in [3.05, 3.63) is 63.1 Å². The molecule has 0 unspecified atom stereocenters. The Bertz CT molecular complexity index is 666. The zero-order chi connectivity index (χ0) is 14.9. The Balaban J connectivity index is 2.35. The van der Waals surface area contributed by atoms with Gasteiger partial charge in [0.05, 0.1) is 0 Å². The van der Waals surface area contributed by atoms with Gasteiger partial charge in [-0.05, 0) is 49.2 Å². The van der Waals surface area contributed by atoms with Crippen LogP contribution in [0.15, 0.2) is 34.8 Å². The highest BCUT2D eigenvalue weighted by Crippen LogP contribution is 2.23. The Morgan fingerprint density at radius 1 is 1.15 bits per heavy atom. The van der Waals surface area contributed by atoms with E-state index in [1.165, 1.54) is 13.0 Å². The van der Waals surface area contributed by atoms with Crippen molar-refractivity contribution < 1.29 is 13.6 Å². The fourth-order valence-electron chi connectivity index (χ4n) is 1.82. The number of amides is 1. The zero-order valence-corrected chi connectivity index (χ0v) is 12.5. The molecule has 0 heterocycles. The molecule has 0 aliphatic heterocycles. The van der Waals surface area contributed by atoms with Crippen LogP contribution in [0, 0.1) is 25.5 Å². The molecular weight excluding hydrogens is 328 g/mol. The topological polar surface area (TPSA) is 29.1 Å². The first kappa shape index (κ1) is 14.7. The highest BCUT2D eigenvalue weighted by atomic mass is 79.9. The van der Waals surface area contributed by atoms with Crippen LogP contribution < -0.4 is 5.32 Å². The fraction of sp³-hybridized carbons (Fsp3) is 0.133. The summed E-state index contributed by atoms with van der Waals surface area (Å²) in [5, 5.41) is 2.28. The number of carbonyl (C=O) groups excluding carboxylic acids is 1. The monoisotopic (exact) mass is 339 g/mol. The molecule has 0 atom stereocenters. The van der Waals surface area contributed by atoms with Crippen molar-refractivity contribution in [3.8, 4) is 0 Å². The molecule has 2 aromatic carbocycles. The first-order valence-electron chi connectivity index (χ1n) is 5.91. The van der Waals surface area contributed by atoms with Crippen LogP contribution in [0.3, 0.4) is 0 Å². The van der Waals surface area contributed by atoms with Gasteiger partial charge < -0.3 is 5.32 Å². The Morgan fingerprint density at radius 2 is 1.85 bits per heavy atom. The molecule has 0 saturated heterocycles. The lowest BCUT2D eigenvalue weighted by molar-refractivity contribution is 0.102. The van der Waals surface area contributed by atoms with Gasteiger partial charge >= 0.3 is 0 Å². The molecule has 0 bridgehead atoms. The quantitative estimate of drug-likeness (QED) is 0.851. The van der Waals surface area contributed by atoms with E-state index in [-0.39, 0.29) is 5.56 Å². The highest BCUT2D eigenvalue weighted by Gasteiger charge is 2.15. The number of anilines is 1. The summed E-state index contributed by atoms with van der Waals surface area (Å²) in [5.74, 6) is -2.11. The smallest absolute Gasteiger partial charge is 0.255 e. The van der Waals surface area contributed by atoms with E-state index in [0.29, 0.717) is 5.56 Å². The van der Waals surface area contributed by atoms with Crippen LogP contribution in [0.4, 0.5) is 14.5 Å². The van der Waals surface area contributed by atoms with Crippen molar-refractivity contribution in [1.29, 1.82) is 0 Å². The molecule has 2 aromatic rings. The van der Waals surface area contributed by atoms with Gasteiger partial charge in [-0.2, -0.15) is 0 Å². The van der Waals surface area contributed by atoms with Crippen LogP contribution in [-0.4, -0.2) is 5.91 Å². The minimum absolute atomic E-state index is 0.270. The number of hydrogen-bond donors (Lipinski definition) is 1. The maximum Gasteiger partial charge on any atom is 0.255 e. The molecule has 1 N–H and O–H groups in total. The highest BCUT2D eigenvalue weighted by molar-refractivity contribution is 9.10. The third-order valence-corrected chi connectivity index (χ3v) is 3.28. The minimum Gasteiger partial charge on any atom is -0.317 e. The standard InChI is InChI=1S/C15H12BrF2NO/c1-8-5-10(7-11(16)6-8)15(20)19-14-12(17)4-3-9(2)13(14)18/h3-7H,1-2H3,(H,19,20). The molecule has 2 nitrogen and oxygen atoms in total. The molecule has 0 aliphatic carbocycles. The number of carbonyl (C=O) groups is 1. The Labute approximate surface area is 123 Å². The molecule has 104 valence electrons. The predicted octanol–water partition coefficient (Wildman–Crippen LogP) is 4.60. The molecule has 0 aromatic heterocycles. The van der Waals surface area contributed by atoms with Gasteiger partial charge in [0.1, 0.15) is 11.5 Å². The second kappa shape index (κ2) is 5.71. The third-order valence-electron chi connectivity index (χ3n) is 2.83. The van der Waals surface area contributed by atoms with Crippen molar-refractivity contribution in [3.63, 3.8) is 0 Å². The summed E-state index contributed by atoms with van der Waals surface area (Å²) < 4.78 is 28.2. The van der Waals surface area contributed by atoms with E-state index in [1.807, 2.05) is 13.0 Å². The first-order chi connectivity index (χ1) is 9.38. The second-order valence-electron chi connectivity index (χ2n) is 4.52.